The SMILES string of the molecule is [N-]=[N+]=NCCS(=O)(=O)c1cccc(Cl)c1. The van der Waals surface area contributed by atoms with Gasteiger partial charge in [-0.2, -0.15) is 0 Å². The zero-order valence-corrected chi connectivity index (χ0v) is 9.24. The molecule has 0 aliphatic rings. The molecule has 0 fully saturated rings. The van der Waals surface area contributed by atoms with Crippen LogP contribution in [-0.2, 0) is 9.84 Å². The molecule has 80 valence electrons. The average Bonchev–Trinajstić information content (AvgIpc) is 2.18. The molecule has 0 bridgehead atoms. The van der Waals surface area contributed by atoms with E-state index in [-0.39, 0.29) is 17.2 Å². The molecule has 0 radical (unpaired) electrons. The molecule has 0 aliphatic carbocycles. The summed E-state index contributed by atoms with van der Waals surface area (Å²) >= 11 is 5.67. The highest BCUT2D eigenvalue weighted by atomic mass is 35.5. The van der Waals surface area contributed by atoms with Crippen LogP contribution in [0.5, 0.6) is 0 Å². The third-order valence-corrected chi connectivity index (χ3v) is 3.61. The fourth-order valence-corrected chi connectivity index (χ4v) is 2.39. The van der Waals surface area contributed by atoms with Crippen LogP contribution in [0.4, 0.5) is 0 Å². The molecule has 0 heterocycles. The highest BCUT2D eigenvalue weighted by Crippen LogP contribution is 2.16. The molecule has 7 heteroatoms. The van der Waals surface area contributed by atoms with E-state index in [1.54, 1.807) is 12.1 Å². The lowest BCUT2D eigenvalue weighted by Crippen LogP contribution is -2.08. The Kier molecular flexibility index (Phi) is 3.96. The van der Waals surface area contributed by atoms with E-state index in [1.807, 2.05) is 0 Å². The Balaban J connectivity index is 2.91. The predicted molar refractivity (Wildman–Crippen MR) is 57.5 cm³/mol. The van der Waals surface area contributed by atoms with Gasteiger partial charge in [-0.1, -0.05) is 22.8 Å². The fourth-order valence-electron chi connectivity index (χ4n) is 0.984. The van der Waals surface area contributed by atoms with Gasteiger partial charge in [0.05, 0.1) is 10.6 Å². The number of azide groups is 1. The Morgan fingerprint density at radius 3 is 2.80 bits per heavy atom. The van der Waals surface area contributed by atoms with Gasteiger partial charge in [-0.15, -0.1) is 0 Å². The van der Waals surface area contributed by atoms with Gasteiger partial charge in [0.25, 0.3) is 0 Å². The number of benzene rings is 1. The Labute approximate surface area is 92.2 Å². The van der Waals surface area contributed by atoms with E-state index in [9.17, 15) is 8.42 Å². The Hall–Kier alpha value is -1.23. The number of rotatable bonds is 4. The number of hydrogen-bond acceptors (Lipinski definition) is 3. The first kappa shape index (κ1) is 11.8. The summed E-state index contributed by atoms with van der Waals surface area (Å²) in [7, 11) is -3.40. The van der Waals surface area contributed by atoms with Crippen molar-refractivity contribution in [2.24, 2.45) is 5.11 Å². The third-order valence-electron chi connectivity index (χ3n) is 1.68. The highest BCUT2D eigenvalue weighted by Gasteiger charge is 2.13. The largest absolute Gasteiger partial charge is 0.224 e. The molecule has 0 saturated carbocycles. The van der Waals surface area contributed by atoms with E-state index in [0.29, 0.717) is 5.02 Å². The first-order valence-electron chi connectivity index (χ1n) is 4.05. The van der Waals surface area contributed by atoms with E-state index < -0.39 is 9.84 Å². The van der Waals surface area contributed by atoms with E-state index in [1.165, 1.54) is 12.1 Å². The standard InChI is InChI=1S/C8H8ClN3O2S/c9-7-2-1-3-8(6-7)15(13,14)5-4-11-12-10/h1-3,6H,4-5H2. The minimum absolute atomic E-state index is 0.0780. The molecule has 1 aromatic rings. The average molecular weight is 246 g/mol. The van der Waals surface area contributed by atoms with Crippen LogP contribution < -0.4 is 0 Å². The van der Waals surface area contributed by atoms with Gasteiger partial charge in [0.1, 0.15) is 0 Å². The summed E-state index contributed by atoms with van der Waals surface area (Å²) in [5.74, 6) is -0.211. The van der Waals surface area contributed by atoms with E-state index >= 15 is 0 Å². The number of sulfone groups is 1. The zero-order chi connectivity index (χ0) is 11.3. The summed E-state index contributed by atoms with van der Waals surface area (Å²) in [6, 6.07) is 5.97. The molecular formula is C8H8ClN3O2S. The molecule has 1 aromatic carbocycles. The first-order valence-corrected chi connectivity index (χ1v) is 6.08. The van der Waals surface area contributed by atoms with Crippen molar-refractivity contribution in [1.29, 1.82) is 0 Å². The summed E-state index contributed by atoms with van der Waals surface area (Å²) in [6.07, 6.45) is 0. The van der Waals surface area contributed by atoms with Crippen molar-refractivity contribution in [2.75, 3.05) is 12.3 Å². The molecule has 0 atom stereocenters. The van der Waals surface area contributed by atoms with Crippen LogP contribution in [0.2, 0.25) is 5.02 Å². The van der Waals surface area contributed by atoms with Crippen molar-refractivity contribution in [1.82, 2.24) is 0 Å². The first-order chi connectivity index (χ1) is 7.06. The molecule has 5 nitrogen and oxygen atoms in total. The van der Waals surface area contributed by atoms with Crippen LogP contribution in [0.1, 0.15) is 0 Å². The number of nitrogens with zero attached hydrogens (tertiary/aromatic N) is 3. The van der Waals surface area contributed by atoms with Gasteiger partial charge in [-0.3, -0.25) is 0 Å². The van der Waals surface area contributed by atoms with Crippen molar-refractivity contribution in [3.8, 4) is 0 Å². The lowest BCUT2D eigenvalue weighted by molar-refractivity contribution is 0.596. The van der Waals surface area contributed by atoms with Crippen LogP contribution in [0, 0.1) is 0 Å². The van der Waals surface area contributed by atoms with E-state index in [2.05, 4.69) is 10.0 Å². The van der Waals surface area contributed by atoms with Crippen LogP contribution in [-0.4, -0.2) is 20.7 Å². The van der Waals surface area contributed by atoms with Crippen LogP contribution in [0.25, 0.3) is 10.4 Å². The van der Waals surface area contributed by atoms with Crippen LogP contribution in [0.15, 0.2) is 34.3 Å². The zero-order valence-electron chi connectivity index (χ0n) is 7.67. The van der Waals surface area contributed by atoms with Crippen molar-refractivity contribution in [3.05, 3.63) is 39.7 Å². The topological polar surface area (TPSA) is 82.9 Å². The van der Waals surface area contributed by atoms with Gasteiger partial charge < -0.3 is 0 Å². The van der Waals surface area contributed by atoms with Gasteiger partial charge in [-0.05, 0) is 23.7 Å². The molecule has 0 spiro atoms. The normalized spacial score (nSPS) is 10.7. The summed E-state index contributed by atoms with van der Waals surface area (Å²) in [4.78, 5) is 2.63. The molecular weight excluding hydrogens is 238 g/mol. The Bertz CT molecular complexity index is 494. The van der Waals surface area contributed by atoms with Gasteiger partial charge >= 0.3 is 0 Å². The minimum Gasteiger partial charge on any atom is -0.224 e. The maximum atomic E-state index is 11.6. The van der Waals surface area contributed by atoms with E-state index in [0.717, 1.165) is 0 Å². The Morgan fingerprint density at radius 2 is 2.20 bits per heavy atom. The monoisotopic (exact) mass is 245 g/mol. The van der Waals surface area contributed by atoms with Crippen molar-refractivity contribution >= 4 is 21.4 Å². The predicted octanol–water partition coefficient (Wildman–Crippen LogP) is 2.42. The van der Waals surface area contributed by atoms with Gasteiger partial charge in [0, 0.05) is 16.5 Å². The highest BCUT2D eigenvalue weighted by molar-refractivity contribution is 7.91. The summed E-state index contributed by atoms with van der Waals surface area (Å²) in [5, 5.41) is 3.53. The van der Waals surface area contributed by atoms with Gasteiger partial charge in [-0.25, -0.2) is 8.42 Å². The second kappa shape index (κ2) is 5.02. The molecule has 0 saturated heterocycles. The van der Waals surface area contributed by atoms with Crippen molar-refractivity contribution in [2.45, 2.75) is 4.90 Å². The number of halogens is 1. The fraction of sp³-hybridized carbons (Fsp3) is 0.250. The van der Waals surface area contributed by atoms with Gasteiger partial charge in [0.2, 0.25) is 0 Å². The van der Waals surface area contributed by atoms with Crippen LogP contribution in [0.3, 0.4) is 0 Å². The van der Waals surface area contributed by atoms with Crippen LogP contribution >= 0.6 is 11.6 Å². The molecule has 0 N–H and O–H groups in total. The lowest BCUT2D eigenvalue weighted by atomic mass is 10.4. The number of hydrogen-bond donors (Lipinski definition) is 0. The summed E-state index contributed by atoms with van der Waals surface area (Å²) in [6.45, 7) is -0.0780. The maximum Gasteiger partial charge on any atom is 0.178 e. The second-order valence-corrected chi connectivity index (χ2v) is 5.28. The third kappa shape index (κ3) is 3.43. The van der Waals surface area contributed by atoms with Crippen molar-refractivity contribution in [3.63, 3.8) is 0 Å². The Morgan fingerprint density at radius 1 is 1.47 bits per heavy atom. The molecule has 15 heavy (non-hydrogen) atoms. The van der Waals surface area contributed by atoms with E-state index in [4.69, 9.17) is 17.1 Å². The second-order valence-electron chi connectivity index (χ2n) is 2.73. The molecule has 0 aliphatic heterocycles. The molecule has 1 rings (SSSR count). The molecule has 0 aromatic heterocycles. The minimum atomic E-state index is -3.40. The smallest absolute Gasteiger partial charge is 0.178 e. The quantitative estimate of drug-likeness (QED) is 0.464. The summed E-state index contributed by atoms with van der Waals surface area (Å²) < 4.78 is 23.2. The maximum absolute atomic E-state index is 11.6. The molecule has 0 unspecified atom stereocenters. The van der Waals surface area contributed by atoms with Crippen molar-refractivity contribution < 1.29 is 8.42 Å². The van der Waals surface area contributed by atoms with Gasteiger partial charge in [0.15, 0.2) is 9.84 Å². The summed E-state index contributed by atoms with van der Waals surface area (Å²) in [5.41, 5.74) is 8.02. The molecule has 0 amide bonds. The lowest BCUT2D eigenvalue weighted by Gasteiger charge is -2.02.